The molecule has 1 fully saturated rings. The molecule has 1 aliphatic heterocycles. The third-order valence-corrected chi connectivity index (χ3v) is 5.78. The average Bonchev–Trinajstić information content (AvgIpc) is 2.91. The van der Waals surface area contributed by atoms with E-state index in [1.165, 1.54) is 0 Å². The number of hydrogen-bond donors (Lipinski definition) is 1. The molecule has 0 spiro atoms. The summed E-state index contributed by atoms with van der Waals surface area (Å²) < 4.78 is 23.8. The Labute approximate surface area is 200 Å². The third kappa shape index (κ3) is 6.74. The van der Waals surface area contributed by atoms with Crippen LogP contribution in [0.25, 0.3) is 0 Å². The van der Waals surface area contributed by atoms with Gasteiger partial charge in [0, 0.05) is 6.42 Å². The second kappa shape index (κ2) is 12.4. The van der Waals surface area contributed by atoms with Gasteiger partial charge in [0.25, 0.3) is 0 Å². The van der Waals surface area contributed by atoms with Gasteiger partial charge < -0.3 is 24.1 Å². The second-order valence-corrected chi connectivity index (χ2v) is 8.27. The van der Waals surface area contributed by atoms with E-state index in [9.17, 15) is 9.90 Å². The van der Waals surface area contributed by atoms with Crippen molar-refractivity contribution in [3.05, 3.63) is 108 Å². The summed E-state index contributed by atoms with van der Waals surface area (Å²) in [5.74, 6) is -0.475. The van der Waals surface area contributed by atoms with Crippen LogP contribution in [-0.4, -0.2) is 42.1 Å². The van der Waals surface area contributed by atoms with Gasteiger partial charge in [-0.3, -0.25) is 0 Å². The summed E-state index contributed by atoms with van der Waals surface area (Å²) in [5, 5.41) is 10.1. The fourth-order valence-electron chi connectivity index (χ4n) is 3.97. The molecule has 0 amide bonds. The zero-order valence-corrected chi connectivity index (χ0v) is 19.0. The highest BCUT2D eigenvalue weighted by Crippen LogP contribution is 2.28. The highest BCUT2D eigenvalue weighted by atomic mass is 16.6. The maximum absolute atomic E-state index is 12.8. The number of carbonyl (C=O) groups excluding carboxylic acids is 1. The van der Waals surface area contributed by atoms with E-state index in [4.69, 9.17) is 18.9 Å². The first-order valence-electron chi connectivity index (χ1n) is 11.5. The van der Waals surface area contributed by atoms with Crippen LogP contribution >= 0.6 is 0 Å². The number of aliphatic hydroxyl groups excluding tert-OH is 1. The minimum atomic E-state index is -0.849. The van der Waals surface area contributed by atoms with Crippen molar-refractivity contribution in [2.45, 2.75) is 50.7 Å². The van der Waals surface area contributed by atoms with Crippen LogP contribution in [0, 0.1) is 0 Å². The van der Waals surface area contributed by atoms with Crippen molar-refractivity contribution in [2.24, 2.45) is 0 Å². The van der Waals surface area contributed by atoms with Crippen LogP contribution in [0.1, 0.15) is 23.1 Å². The van der Waals surface area contributed by atoms with Gasteiger partial charge in [-0.25, -0.2) is 4.79 Å². The van der Waals surface area contributed by atoms with E-state index in [0.717, 1.165) is 16.7 Å². The number of ether oxygens (including phenoxy) is 4. The highest BCUT2D eigenvalue weighted by molar-refractivity contribution is 5.75. The quantitative estimate of drug-likeness (QED) is 0.458. The Kier molecular flexibility index (Phi) is 8.82. The van der Waals surface area contributed by atoms with Crippen molar-refractivity contribution in [1.29, 1.82) is 0 Å². The Morgan fingerprint density at radius 3 is 1.79 bits per heavy atom. The molecule has 6 nitrogen and oxygen atoms in total. The second-order valence-electron chi connectivity index (χ2n) is 8.27. The SMILES string of the molecule is O=C(OCc1ccccc1)C1CC(OCc2ccccc2)C(OCc2ccccc2)C(CO)O1. The minimum absolute atomic E-state index is 0.160. The molecule has 6 heteroatoms. The lowest BCUT2D eigenvalue weighted by Gasteiger charge is -2.40. The molecule has 0 radical (unpaired) electrons. The Hall–Kier alpha value is -3.03. The molecule has 3 aromatic carbocycles. The molecule has 1 aliphatic rings. The van der Waals surface area contributed by atoms with E-state index in [1.807, 2.05) is 91.0 Å². The Morgan fingerprint density at radius 1 is 0.765 bits per heavy atom. The summed E-state index contributed by atoms with van der Waals surface area (Å²) in [6, 6.07) is 29.1. The Bertz CT molecular complexity index is 995. The first-order valence-corrected chi connectivity index (χ1v) is 11.5. The van der Waals surface area contributed by atoms with Crippen molar-refractivity contribution < 1.29 is 28.8 Å². The van der Waals surface area contributed by atoms with E-state index in [-0.39, 0.29) is 19.6 Å². The first kappa shape index (κ1) is 24.1. The number of aliphatic hydroxyl groups is 1. The molecule has 4 rings (SSSR count). The van der Waals surface area contributed by atoms with Crippen LogP contribution in [0.3, 0.4) is 0 Å². The van der Waals surface area contributed by atoms with E-state index in [0.29, 0.717) is 13.2 Å². The number of esters is 1. The number of hydrogen-bond acceptors (Lipinski definition) is 6. The molecule has 4 atom stereocenters. The molecule has 0 bridgehead atoms. The van der Waals surface area contributed by atoms with Gasteiger partial charge in [0.2, 0.25) is 0 Å². The highest BCUT2D eigenvalue weighted by Gasteiger charge is 2.43. The van der Waals surface area contributed by atoms with Crippen LogP contribution in [0.4, 0.5) is 0 Å². The maximum Gasteiger partial charge on any atom is 0.335 e. The Balaban J connectivity index is 1.44. The normalized spacial score (nSPS) is 22.3. The molecule has 34 heavy (non-hydrogen) atoms. The van der Waals surface area contributed by atoms with Crippen LogP contribution in [0.15, 0.2) is 91.0 Å². The summed E-state index contributed by atoms with van der Waals surface area (Å²) in [4.78, 5) is 12.8. The molecule has 1 N–H and O–H groups in total. The molecule has 3 aromatic rings. The van der Waals surface area contributed by atoms with E-state index in [2.05, 4.69) is 0 Å². The average molecular weight is 463 g/mol. The monoisotopic (exact) mass is 462 g/mol. The van der Waals surface area contributed by atoms with E-state index >= 15 is 0 Å². The van der Waals surface area contributed by atoms with Gasteiger partial charge in [0.1, 0.15) is 18.8 Å². The lowest BCUT2D eigenvalue weighted by atomic mass is 9.97. The zero-order chi connectivity index (χ0) is 23.6. The van der Waals surface area contributed by atoms with Crippen LogP contribution < -0.4 is 0 Å². The molecule has 1 saturated heterocycles. The van der Waals surface area contributed by atoms with Crippen LogP contribution in [0.5, 0.6) is 0 Å². The van der Waals surface area contributed by atoms with Crippen molar-refractivity contribution in [3.8, 4) is 0 Å². The summed E-state index contributed by atoms with van der Waals surface area (Å²) >= 11 is 0. The number of carbonyl (C=O) groups is 1. The van der Waals surface area contributed by atoms with Gasteiger partial charge >= 0.3 is 5.97 Å². The minimum Gasteiger partial charge on any atom is -0.459 e. The number of rotatable bonds is 10. The fourth-order valence-corrected chi connectivity index (χ4v) is 3.97. The molecule has 4 unspecified atom stereocenters. The van der Waals surface area contributed by atoms with Crippen molar-refractivity contribution in [2.75, 3.05) is 6.61 Å². The van der Waals surface area contributed by atoms with Crippen molar-refractivity contribution in [3.63, 3.8) is 0 Å². The molecule has 0 aliphatic carbocycles. The molecule has 0 aromatic heterocycles. The molecule has 178 valence electrons. The van der Waals surface area contributed by atoms with Crippen LogP contribution in [0.2, 0.25) is 0 Å². The van der Waals surface area contributed by atoms with Crippen LogP contribution in [-0.2, 0) is 43.6 Å². The molecule has 0 saturated carbocycles. The standard InChI is InChI=1S/C28H30O6/c29-17-26-27(32-19-22-12-6-2-7-13-22)24(31-18-21-10-4-1-5-11-21)16-25(34-26)28(30)33-20-23-14-8-3-9-15-23/h1-15,24-27,29H,16-20H2. The predicted octanol–water partition coefficient (Wildman–Crippen LogP) is 4.05. The van der Waals surface area contributed by atoms with Gasteiger partial charge in [-0.15, -0.1) is 0 Å². The fraction of sp³-hybridized carbons (Fsp3) is 0.321. The largest absolute Gasteiger partial charge is 0.459 e. The summed E-state index contributed by atoms with van der Waals surface area (Å²) in [7, 11) is 0. The third-order valence-electron chi connectivity index (χ3n) is 5.78. The lowest BCUT2D eigenvalue weighted by molar-refractivity contribution is -0.223. The topological polar surface area (TPSA) is 74.2 Å². The van der Waals surface area contributed by atoms with Gasteiger partial charge in [-0.05, 0) is 16.7 Å². The molecular formula is C28H30O6. The zero-order valence-electron chi connectivity index (χ0n) is 19.0. The first-order chi connectivity index (χ1) is 16.7. The predicted molar refractivity (Wildman–Crippen MR) is 127 cm³/mol. The summed E-state index contributed by atoms with van der Waals surface area (Å²) in [5.41, 5.74) is 2.91. The van der Waals surface area contributed by atoms with Gasteiger partial charge in [0.05, 0.1) is 25.9 Å². The smallest absolute Gasteiger partial charge is 0.335 e. The maximum atomic E-state index is 12.8. The van der Waals surface area contributed by atoms with Gasteiger partial charge in [-0.1, -0.05) is 91.0 Å². The molecule has 1 heterocycles. The van der Waals surface area contributed by atoms with E-state index in [1.54, 1.807) is 0 Å². The molecular weight excluding hydrogens is 432 g/mol. The lowest BCUT2D eigenvalue weighted by Crippen LogP contribution is -2.54. The van der Waals surface area contributed by atoms with Crippen molar-refractivity contribution >= 4 is 5.97 Å². The van der Waals surface area contributed by atoms with Crippen molar-refractivity contribution in [1.82, 2.24) is 0 Å². The van der Waals surface area contributed by atoms with E-state index < -0.39 is 30.4 Å². The van der Waals surface area contributed by atoms with Gasteiger partial charge in [0.15, 0.2) is 6.10 Å². The summed E-state index contributed by atoms with van der Waals surface area (Å²) in [6.45, 7) is 0.570. The van der Waals surface area contributed by atoms with Gasteiger partial charge in [-0.2, -0.15) is 0 Å². The Morgan fingerprint density at radius 2 is 1.26 bits per heavy atom. The number of benzene rings is 3. The summed E-state index contributed by atoms with van der Waals surface area (Å²) in [6.07, 6.45) is -2.28.